The first-order valence-electron chi connectivity index (χ1n) is 5.05. The van der Waals surface area contributed by atoms with Gasteiger partial charge in [0.1, 0.15) is 6.29 Å². The number of benzene rings is 1. The van der Waals surface area contributed by atoms with E-state index in [9.17, 15) is 4.79 Å². The third-order valence-electron chi connectivity index (χ3n) is 2.18. The molecule has 2 aromatic rings. The van der Waals surface area contributed by atoms with E-state index in [2.05, 4.69) is 27.0 Å². The predicted octanol–water partition coefficient (Wildman–Crippen LogP) is 3.95. The molecule has 0 fully saturated rings. The van der Waals surface area contributed by atoms with Gasteiger partial charge >= 0.3 is 0 Å². The average Bonchev–Trinajstić information content (AvgIpc) is 2.37. The summed E-state index contributed by atoms with van der Waals surface area (Å²) in [7, 11) is 0. The summed E-state index contributed by atoms with van der Waals surface area (Å²) >= 11 is 5.12. The Bertz CT molecular complexity index is 513. The fraction of sp³-hybridized carbons (Fsp3) is 0.0769. The van der Waals surface area contributed by atoms with Gasteiger partial charge in [0.25, 0.3) is 0 Å². The third kappa shape index (κ3) is 3.68. The monoisotopic (exact) mass is 307 g/mol. The van der Waals surface area contributed by atoms with Gasteiger partial charge in [-0.05, 0) is 39.7 Å². The van der Waals surface area contributed by atoms with Crippen LogP contribution in [0.1, 0.15) is 15.9 Å². The quantitative estimate of drug-likeness (QED) is 0.633. The zero-order valence-corrected chi connectivity index (χ0v) is 11.4. The van der Waals surface area contributed by atoms with Crippen molar-refractivity contribution in [1.29, 1.82) is 0 Å². The minimum Gasteiger partial charge on any atom is -0.298 e. The molecule has 4 heteroatoms. The van der Waals surface area contributed by atoms with Crippen LogP contribution in [0.5, 0.6) is 0 Å². The Morgan fingerprint density at radius 1 is 1.24 bits per heavy atom. The van der Waals surface area contributed by atoms with Crippen molar-refractivity contribution < 1.29 is 4.79 Å². The van der Waals surface area contributed by atoms with E-state index in [0.717, 1.165) is 21.4 Å². The highest BCUT2D eigenvalue weighted by Gasteiger charge is 1.98. The van der Waals surface area contributed by atoms with Gasteiger partial charge in [-0.1, -0.05) is 12.1 Å². The third-order valence-corrected chi connectivity index (χ3v) is 3.70. The number of thioether (sulfide) groups is 1. The lowest BCUT2D eigenvalue weighted by molar-refractivity contribution is 0.112. The second-order valence-corrected chi connectivity index (χ2v) is 5.45. The van der Waals surface area contributed by atoms with Crippen LogP contribution in [0.2, 0.25) is 0 Å². The predicted molar refractivity (Wildman–Crippen MR) is 73.3 cm³/mol. The van der Waals surface area contributed by atoms with Crippen molar-refractivity contribution in [1.82, 2.24) is 4.98 Å². The molecule has 0 aliphatic rings. The first-order chi connectivity index (χ1) is 8.28. The summed E-state index contributed by atoms with van der Waals surface area (Å²) in [5.74, 6) is 0.868. The van der Waals surface area contributed by atoms with Gasteiger partial charge in [0, 0.05) is 33.1 Å². The highest BCUT2D eigenvalue weighted by atomic mass is 79.9. The molecule has 0 aliphatic heterocycles. The summed E-state index contributed by atoms with van der Waals surface area (Å²) in [4.78, 5) is 15.8. The fourth-order valence-electron chi connectivity index (χ4n) is 1.34. The summed E-state index contributed by atoms with van der Waals surface area (Å²) in [6.07, 6.45) is 4.48. The molecule has 0 unspecified atom stereocenters. The van der Waals surface area contributed by atoms with Crippen molar-refractivity contribution in [3.63, 3.8) is 0 Å². The number of aromatic nitrogens is 1. The smallest absolute Gasteiger partial charge is 0.150 e. The van der Waals surface area contributed by atoms with Crippen LogP contribution in [0.3, 0.4) is 0 Å². The van der Waals surface area contributed by atoms with Crippen molar-refractivity contribution >= 4 is 34.0 Å². The van der Waals surface area contributed by atoms with Crippen LogP contribution in [-0.4, -0.2) is 11.3 Å². The minimum atomic E-state index is 0.707. The van der Waals surface area contributed by atoms with Crippen molar-refractivity contribution in [2.45, 2.75) is 10.6 Å². The molecule has 1 aromatic carbocycles. The number of nitrogens with zero attached hydrogens (tertiary/aromatic N) is 1. The number of aldehydes is 1. The molecule has 2 rings (SSSR count). The van der Waals surface area contributed by atoms with Crippen molar-refractivity contribution in [2.24, 2.45) is 0 Å². The minimum absolute atomic E-state index is 0.707. The Kier molecular flexibility index (Phi) is 4.34. The lowest BCUT2D eigenvalue weighted by Crippen LogP contribution is -1.84. The fourth-order valence-corrected chi connectivity index (χ4v) is 2.58. The first kappa shape index (κ1) is 12.3. The maximum absolute atomic E-state index is 10.5. The summed E-state index contributed by atoms with van der Waals surface area (Å²) in [6.45, 7) is 0. The van der Waals surface area contributed by atoms with E-state index in [1.807, 2.05) is 30.5 Å². The highest BCUT2D eigenvalue weighted by Crippen LogP contribution is 2.23. The number of carbonyl (C=O) groups is 1. The highest BCUT2D eigenvalue weighted by molar-refractivity contribution is 9.10. The van der Waals surface area contributed by atoms with Crippen LogP contribution >= 0.6 is 27.7 Å². The molecular weight excluding hydrogens is 298 g/mol. The van der Waals surface area contributed by atoms with Gasteiger partial charge in [0.2, 0.25) is 0 Å². The van der Waals surface area contributed by atoms with Crippen LogP contribution in [-0.2, 0) is 5.75 Å². The van der Waals surface area contributed by atoms with Gasteiger partial charge in [-0.3, -0.25) is 9.78 Å². The van der Waals surface area contributed by atoms with E-state index >= 15 is 0 Å². The molecular formula is C13H10BrNOS. The Labute approximate surface area is 113 Å². The summed E-state index contributed by atoms with van der Waals surface area (Å²) in [5.41, 5.74) is 1.88. The van der Waals surface area contributed by atoms with Crippen LogP contribution < -0.4 is 0 Å². The lowest BCUT2D eigenvalue weighted by Gasteiger charge is -2.02. The summed E-state index contributed by atoms with van der Waals surface area (Å²) < 4.78 is 0.993. The molecule has 0 saturated heterocycles. The van der Waals surface area contributed by atoms with Crippen LogP contribution in [0.15, 0.2) is 52.1 Å². The summed E-state index contributed by atoms with van der Waals surface area (Å²) in [5, 5.41) is 0. The molecule has 0 saturated carbocycles. The zero-order chi connectivity index (χ0) is 12.1. The lowest BCUT2D eigenvalue weighted by atomic mass is 10.2. The van der Waals surface area contributed by atoms with Gasteiger partial charge in [-0.15, -0.1) is 11.8 Å². The van der Waals surface area contributed by atoms with E-state index in [-0.39, 0.29) is 0 Å². The zero-order valence-electron chi connectivity index (χ0n) is 8.97. The van der Waals surface area contributed by atoms with E-state index in [4.69, 9.17) is 0 Å². The molecule has 86 valence electrons. The van der Waals surface area contributed by atoms with Crippen LogP contribution in [0, 0.1) is 0 Å². The Morgan fingerprint density at radius 3 is 2.65 bits per heavy atom. The van der Waals surface area contributed by atoms with Gasteiger partial charge < -0.3 is 0 Å². The molecule has 0 atom stereocenters. The molecule has 0 radical (unpaired) electrons. The Balaban J connectivity index is 1.99. The van der Waals surface area contributed by atoms with Crippen molar-refractivity contribution in [2.75, 3.05) is 0 Å². The number of hydrogen-bond donors (Lipinski definition) is 0. The van der Waals surface area contributed by atoms with Crippen molar-refractivity contribution in [3.8, 4) is 0 Å². The number of rotatable bonds is 4. The number of halogens is 1. The standard InChI is InChI=1S/C13H10BrNOS/c14-12-5-11(6-15-7-12)9-17-13-3-1-10(8-16)2-4-13/h1-8H,9H2. The van der Waals surface area contributed by atoms with E-state index in [1.54, 1.807) is 18.0 Å². The van der Waals surface area contributed by atoms with Crippen LogP contribution in [0.25, 0.3) is 0 Å². The number of carbonyl (C=O) groups excluding carboxylic acids is 1. The Morgan fingerprint density at radius 2 is 2.00 bits per heavy atom. The number of pyridine rings is 1. The second-order valence-electron chi connectivity index (χ2n) is 3.49. The molecule has 0 amide bonds. The van der Waals surface area contributed by atoms with E-state index in [1.165, 1.54) is 5.56 Å². The molecule has 0 bridgehead atoms. The van der Waals surface area contributed by atoms with E-state index in [0.29, 0.717) is 5.56 Å². The molecule has 0 N–H and O–H groups in total. The first-order valence-corrected chi connectivity index (χ1v) is 6.83. The Hall–Kier alpha value is -1.13. The SMILES string of the molecule is O=Cc1ccc(SCc2cncc(Br)c2)cc1. The molecule has 2 nitrogen and oxygen atoms in total. The van der Waals surface area contributed by atoms with Gasteiger partial charge in [-0.25, -0.2) is 0 Å². The molecule has 1 aromatic heterocycles. The molecule has 0 aliphatic carbocycles. The molecule has 0 spiro atoms. The van der Waals surface area contributed by atoms with Crippen LogP contribution in [0.4, 0.5) is 0 Å². The molecule has 17 heavy (non-hydrogen) atoms. The van der Waals surface area contributed by atoms with Gasteiger partial charge in [-0.2, -0.15) is 0 Å². The number of hydrogen-bond acceptors (Lipinski definition) is 3. The maximum Gasteiger partial charge on any atom is 0.150 e. The summed E-state index contributed by atoms with van der Waals surface area (Å²) in [6, 6.07) is 9.63. The second kappa shape index (κ2) is 5.98. The van der Waals surface area contributed by atoms with Crippen molar-refractivity contribution in [3.05, 3.63) is 58.3 Å². The molecule has 1 heterocycles. The van der Waals surface area contributed by atoms with Gasteiger partial charge in [0.05, 0.1) is 0 Å². The average molecular weight is 308 g/mol. The van der Waals surface area contributed by atoms with Gasteiger partial charge in [0.15, 0.2) is 0 Å². The maximum atomic E-state index is 10.5. The van der Waals surface area contributed by atoms with E-state index < -0.39 is 0 Å². The largest absolute Gasteiger partial charge is 0.298 e. The topological polar surface area (TPSA) is 30.0 Å². The normalized spacial score (nSPS) is 10.2.